The molecule has 1 aliphatic heterocycles. The van der Waals surface area contributed by atoms with Gasteiger partial charge in [0.05, 0.1) is 13.7 Å². The van der Waals surface area contributed by atoms with E-state index in [0.29, 0.717) is 18.6 Å². The zero-order chi connectivity index (χ0) is 11.7. The summed E-state index contributed by atoms with van der Waals surface area (Å²) in [4.78, 5) is 20.7. The molecule has 0 amide bonds. The Hall–Kier alpha value is -1.32. The van der Waals surface area contributed by atoms with Crippen LogP contribution in [0.4, 0.5) is 0 Å². The molecule has 4 heteroatoms. The second-order valence-electron chi connectivity index (χ2n) is 3.30. The Labute approximate surface area is 90.2 Å². The van der Waals surface area contributed by atoms with Crippen molar-refractivity contribution in [1.82, 2.24) is 0 Å². The summed E-state index contributed by atoms with van der Waals surface area (Å²) in [6.07, 6.45) is 3.83. The van der Waals surface area contributed by atoms with E-state index in [1.54, 1.807) is 6.92 Å². The molecule has 86 valence electrons. The number of methoxy groups -OCH3 is 1. The van der Waals surface area contributed by atoms with Crippen molar-refractivity contribution >= 4 is 11.9 Å². The number of hydrogen-bond acceptors (Lipinski definition) is 4. The third-order valence-electron chi connectivity index (χ3n) is 1.82. The number of ether oxygens (including phenoxy) is 2. The number of hydrogen-bond donors (Lipinski definition) is 0. The van der Waals surface area contributed by atoms with Crippen molar-refractivity contribution in [2.75, 3.05) is 13.7 Å². The highest BCUT2D eigenvalue weighted by Gasteiger charge is 2.05. The molecule has 0 aromatic rings. The summed E-state index contributed by atoms with van der Waals surface area (Å²) in [5.41, 5.74) is 0.433. The van der Waals surface area contributed by atoms with Gasteiger partial charge < -0.3 is 9.47 Å². The fourth-order valence-corrected chi connectivity index (χ4v) is 0.981. The fourth-order valence-electron chi connectivity index (χ4n) is 0.981. The minimum atomic E-state index is -0.347. The van der Waals surface area contributed by atoms with E-state index in [4.69, 9.17) is 4.74 Å². The topological polar surface area (TPSA) is 52.6 Å². The van der Waals surface area contributed by atoms with Crippen LogP contribution in [0.5, 0.6) is 0 Å². The lowest BCUT2D eigenvalue weighted by Crippen LogP contribution is -2.00. The van der Waals surface area contributed by atoms with E-state index < -0.39 is 0 Å². The Kier molecular flexibility index (Phi) is 7.32. The average molecular weight is 214 g/mol. The van der Waals surface area contributed by atoms with Gasteiger partial charge >= 0.3 is 11.9 Å². The second-order valence-corrected chi connectivity index (χ2v) is 3.30. The number of carbonyl (C=O) groups excluding carboxylic acids is 2. The number of carbonyl (C=O) groups is 2. The molecule has 0 aromatic carbocycles. The number of cyclic esters (lactones) is 1. The van der Waals surface area contributed by atoms with E-state index in [-0.39, 0.29) is 11.9 Å². The molecule has 1 aliphatic rings. The lowest BCUT2D eigenvalue weighted by Gasteiger charge is -1.93. The molecule has 0 saturated carbocycles. The van der Waals surface area contributed by atoms with Crippen LogP contribution in [0.15, 0.2) is 12.2 Å². The van der Waals surface area contributed by atoms with Crippen molar-refractivity contribution in [3.63, 3.8) is 0 Å². The molecule has 0 N–H and O–H groups in total. The smallest absolute Gasteiger partial charge is 0.332 e. The summed E-state index contributed by atoms with van der Waals surface area (Å²) in [6.45, 7) is 5.59. The van der Waals surface area contributed by atoms with Crippen molar-refractivity contribution in [2.24, 2.45) is 0 Å². The molecule has 4 nitrogen and oxygen atoms in total. The van der Waals surface area contributed by atoms with Gasteiger partial charge in [-0.15, -0.1) is 0 Å². The second kappa shape index (κ2) is 8.03. The monoisotopic (exact) mass is 214 g/mol. The van der Waals surface area contributed by atoms with Crippen LogP contribution >= 0.6 is 0 Å². The third-order valence-corrected chi connectivity index (χ3v) is 1.82. The normalized spacial score (nSPS) is 15.2. The summed E-state index contributed by atoms with van der Waals surface area (Å²) < 4.78 is 9.04. The highest BCUT2D eigenvalue weighted by molar-refractivity contribution is 5.86. The molecular formula is C11H18O4. The van der Waals surface area contributed by atoms with Crippen LogP contribution in [-0.2, 0) is 19.1 Å². The minimum Gasteiger partial charge on any atom is -0.466 e. The van der Waals surface area contributed by atoms with Crippen LogP contribution in [0.2, 0.25) is 0 Å². The Morgan fingerprint density at radius 3 is 2.53 bits per heavy atom. The first-order chi connectivity index (χ1) is 7.07. The van der Waals surface area contributed by atoms with Crippen LogP contribution in [-0.4, -0.2) is 25.7 Å². The van der Waals surface area contributed by atoms with Crippen molar-refractivity contribution in [3.05, 3.63) is 12.2 Å². The molecular weight excluding hydrogens is 196 g/mol. The SMILES string of the molecule is C=C(C)C(=O)OC.O=C1CCCCCO1. The van der Waals surface area contributed by atoms with Crippen molar-refractivity contribution < 1.29 is 19.1 Å². The summed E-state index contributed by atoms with van der Waals surface area (Å²) in [6, 6.07) is 0. The first kappa shape index (κ1) is 13.7. The lowest BCUT2D eigenvalue weighted by molar-refractivity contribution is -0.142. The maximum absolute atomic E-state index is 10.5. The summed E-state index contributed by atoms with van der Waals surface area (Å²) in [7, 11) is 1.33. The van der Waals surface area contributed by atoms with Crippen molar-refractivity contribution in [3.8, 4) is 0 Å². The molecule has 1 rings (SSSR count). The fraction of sp³-hybridized carbons (Fsp3) is 0.636. The molecule has 1 saturated heterocycles. The van der Waals surface area contributed by atoms with Crippen LogP contribution in [0.25, 0.3) is 0 Å². The molecule has 0 atom stereocenters. The van der Waals surface area contributed by atoms with Gasteiger partial charge in [-0.05, 0) is 26.2 Å². The van der Waals surface area contributed by atoms with E-state index in [0.717, 1.165) is 19.3 Å². The van der Waals surface area contributed by atoms with Crippen LogP contribution in [0.1, 0.15) is 32.6 Å². The minimum absolute atomic E-state index is 0.0255. The van der Waals surface area contributed by atoms with E-state index >= 15 is 0 Å². The molecule has 0 spiro atoms. The molecule has 0 aromatic heterocycles. The Balaban J connectivity index is 0.000000265. The summed E-state index contributed by atoms with van der Waals surface area (Å²) in [5.74, 6) is -0.373. The largest absolute Gasteiger partial charge is 0.466 e. The zero-order valence-electron chi connectivity index (χ0n) is 9.38. The molecule has 1 heterocycles. The predicted octanol–water partition coefficient (Wildman–Crippen LogP) is 1.84. The molecule has 0 bridgehead atoms. The van der Waals surface area contributed by atoms with Crippen LogP contribution in [0.3, 0.4) is 0 Å². The third kappa shape index (κ3) is 7.73. The van der Waals surface area contributed by atoms with Gasteiger partial charge in [0.15, 0.2) is 0 Å². The van der Waals surface area contributed by atoms with Gasteiger partial charge in [0.25, 0.3) is 0 Å². The van der Waals surface area contributed by atoms with Crippen LogP contribution in [0, 0.1) is 0 Å². The maximum Gasteiger partial charge on any atom is 0.332 e. The molecule has 0 unspecified atom stereocenters. The van der Waals surface area contributed by atoms with Crippen molar-refractivity contribution in [2.45, 2.75) is 32.6 Å². The average Bonchev–Trinajstić information content (AvgIpc) is 2.45. The Morgan fingerprint density at radius 1 is 1.40 bits per heavy atom. The Bertz CT molecular complexity index is 223. The van der Waals surface area contributed by atoms with E-state index in [9.17, 15) is 9.59 Å². The first-order valence-corrected chi connectivity index (χ1v) is 4.97. The zero-order valence-corrected chi connectivity index (χ0v) is 9.38. The number of rotatable bonds is 1. The first-order valence-electron chi connectivity index (χ1n) is 4.97. The molecule has 0 aliphatic carbocycles. The van der Waals surface area contributed by atoms with E-state index in [1.165, 1.54) is 7.11 Å². The predicted molar refractivity (Wildman–Crippen MR) is 56.3 cm³/mol. The Morgan fingerprint density at radius 2 is 2.07 bits per heavy atom. The quantitative estimate of drug-likeness (QED) is 0.493. The number of esters is 2. The summed E-state index contributed by atoms with van der Waals surface area (Å²) >= 11 is 0. The van der Waals surface area contributed by atoms with Gasteiger partial charge in [-0.1, -0.05) is 6.58 Å². The van der Waals surface area contributed by atoms with Crippen molar-refractivity contribution in [1.29, 1.82) is 0 Å². The van der Waals surface area contributed by atoms with Gasteiger partial charge in [0.2, 0.25) is 0 Å². The van der Waals surface area contributed by atoms with E-state index in [2.05, 4.69) is 11.3 Å². The highest BCUT2D eigenvalue weighted by Crippen LogP contribution is 2.06. The lowest BCUT2D eigenvalue weighted by atomic mass is 10.2. The molecule has 15 heavy (non-hydrogen) atoms. The van der Waals surface area contributed by atoms with Crippen LogP contribution < -0.4 is 0 Å². The van der Waals surface area contributed by atoms with Gasteiger partial charge in [0, 0.05) is 12.0 Å². The molecule has 0 radical (unpaired) electrons. The molecule has 1 fully saturated rings. The highest BCUT2D eigenvalue weighted by atomic mass is 16.5. The maximum atomic E-state index is 10.5. The van der Waals surface area contributed by atoms with Gasteiger partial charge in [-0.2, -0.15) is 0 Å². The van der Waals surface area contributed by atoms with Gasteiger partial charge in [0.1, 0.15) is 0 Å². The van der Waals surface area contributed by atoms with Gasteiger partial charge in [-0.3, -0.25) is 4.79 Å². The summed E-state index contributed by atoms with van der Waals surface area (Å²) in [5, 5.41) is 0. The van der Waals surface area contributed by atoms with E-state index in [1.807, 2.05) is 0 Å². The standard InChI is InChI=1S/C6H10O2.C5H8O2/c7-6-4-2-1-3-5-8-6;1-4(2)5(6)7-3/h1-5H2;1H2,2-3H3. The van der Waals surface area contributed by atoms with Gasteiger partial charge in [-0.25, -0.2) is 4.79 Å².